The van der Waals surface area contributed by atoms with Crippen LogP contribution in [0.25, 0.3) is 0 Å². The van der Waals surface area contributed by atoms with Crippen LogP contribution in [0.4, 0.5) is 0 Å². The Kier molecular flexibility index (Phi) is 7.96. The monoisotopic (exact) mass is 196 g/mol. The zero-order valence-corrected chi connectivity index (χ0v) is 9.10. The minimum Gasteiger partial charge on any atom is -0.355 e. The molecular formula is C11H20N2O. The van der Waals surface area contributed by atoms with Crippen molar-refractivity contribution in [1.82, 2.24) is 10.6 Å². The lowest BCUT2D eigenvalue weighted by Gasteiger charge is -2.07. The lowest BCUT2D eigenvalue weighted by Crippen LogP contribution is -2.35. The highest BCUT2D eigenvalue weighted by molar-refractivity contribution is 5.77. The average molecular weight is 196 g/mol. The van der Waals surface area contributed by atoms with Crippen LogP contribution in [0.3, 0.4) is 0 Å². The first kappa shape index (κ1) is 13.0. The molecule has 0 bridgehead atoms. The molecule has 0 saturated heterocycles. The Labute approximate surface area is 86.6 Å². The van der Waals surface area contributed by atoms with E-state index in [1.165, 1.54) is 0 Å². The number of carbonyl (C=O) groups excluding carboxylic acids is 1. The van der Waals surface area contributed by atoms with E-state index in [4.69, 9.17) is 6.42 Å². The van der Waals surface area contributed by atoms with Gasteiger partial charge in [-0.1, -0.05) is 13.8 Å². The smallest absolute Gasteiger partial charge is 0.233 e. The third-order valence-electron chi connectivity index (χ3n) is 1.78. The molecule has 1 amide bonds. The fourth-order valence-electron chi connectivity index (χ4n) is 0.925. The highest BCUT2D eigenvalue weighted by Gasteiger charge is 1.99. The largest absolute Gasteiger partial charge is 0.355 e. The summed E-state index contributed by atoms with van der Waals surface area (Å²) in [5, 5.41) is 5.81. The number of hydrogen-bond donors (Lipinski definition) is 2. The van der Waals surface area contributed by atoms with Gasteiger partial charge in [0.15, 0.2) is 0 Å². The molecule has 0 aliphatic carbocycles. The Morgan fingerprint density at radius 1 is 1.43 bits per heavy atom. The van der Waals surface area contributed by atoms with Crippen molar-refractivity contribution in [2.75, 3.05) is 19.6 Å². The maximum Gasteiger partial charge on any atom is 0.233 e. The summed E-state index contributed by atoms with van der Waals surface area (Å²) in [5.74, 6) is 3.18. The molecule has 0 unspecified atom stereocenters. The Balaban J connectivity index is 3.25. The van der Waals surface area contributed by atoms with Gasteiger partial charge in [0.1, 0.15) is 0 Å². The molecule has 0 radical (unpaired) electrons. The molecule has 0 rings (SSSR count). The summed E-state index contributed by atoms with van der Waals surface area (Å²) in [6.45, 7) is 6.09. The first-order valence-corrected chi connectivity index (χ1v) is 5.07. The number of amides is 1. The maximum absolute atomic E-state index is 11.2. The molecule has 3 nitrogen and oxygen atoms in total. The first-order valence-electron chi connectivity index (χ1n) is 5.07. The quantitative estimate of drug-likeness (QED) is 0.466. The van der Waals surface area contributed by atoms with E-state index in [1.807, 2.05) is 0 Å². The Hall–Kier alpha value is -1.01. The van der Waals surface area contributed by atoms with Crippen molar-refractivity contribution in [3.05, 3.63) is 0 Å². The maximum atomic E-state index is 11.2. The molecule has 2 N–H and O–H groups in total. The Bertz CT molecular complexity index is 194. The molecular weight excluding hydrogens is 176 g/mol. The van der Waals surface area contributed by atoms with Gasteiger partial charge in [-0.15, -0.1) is 12.3 Å². The molecule has 80 valence electrons. The zero-order valence-electron chi connectivity index (χ0n) is 9.10. The van der Waals surface area contributed by atoms with Crippen LogP contribution in [0.15, 0.2) is 0 Å². The van der Waals surface area contributed by atoms with Gasteiger partial charge in [0.2, 0.25) is 5.91 Å². The van der Waals surface area contributed by atoms with Crippen molar-refractivity contribution in [2.24, 2.45) is 5.92 Å². The summed E-state index contributed by atoms with van der Waals surface area (Å²) in [5.41, 5.74) is 0. The van der Waals surface area contributed by atoms with Crippen molar-refractivity contribution in [2.45, 2.75) is 26.7 Å². The topological polar surface area (TPSA) is 41.1 Å². The number of nitrogens with one attached hydrogen (secondary N) is 2. The number of carbonyl (C=O) groups is 1. The molecule has 0 saturated carbocycles. The van der Waals surface area contributed by atoms with Crippen molar-refractivity contribution < 1.29 is 4.79 Å². The van der Waals surface area contributed by atoms with Crippen LogP contribution in [-0.2, 0) is 4.79 Å². The van der Waals surface area contributed by atoms with Crippen LogP contribution in [0.2, 0.25) is 0 Å². The molecule has 3 heteroatoms. The molecule has 0 aromatic rings. The second-order valence-electron chi connectivity index (χ2n) is 3.66. The van der Waals surface area contributed by atoms with E-state index in [2.05, 4.69) is 30.4 Å². The van der Waals surface area contributed by atoms with Crippen LogP contribution < -0.4 is 10.6 Å². The van der Waals surface area contributed by atoms with Gasteiger partial charge in [0, 0.05) is 19.5 Å². The summed E-state index contributed by atoms with van der Waals surface area (Å²) in [7, 11) is 0. The van der Waals surface area contributed by atoms with E-state index in [1.54, 1.807) is 0 Å². The second-order valence-corrected chi connectivity index (χ2v) is 3.66. The Morgan fingerprint density at radius 3 is 2.71 bits per heavy atom. The number of terminal acetylenes is 1. The van der Waals surface area contributed by atoms with Gasteiger partial charge in [-0.25, -0.2) is 0 Å². The third-order valence-corrected chi connectivity index (χ3v) is 1.78. The standard InChI is InChI=1S/C11H20N2O/c1-4-5-7-12-9-11(14)13-8-6-10(2)3/h1,10,12H,5-9H2,2-3H3,(H,13,14). The molecule has 0 atom stereocenters. The van der Waals surface area contributed by atoms with Gasteiger partial charge < -0.3 is 10.6 Å². The lowest BCUT2D eigenvalue weighted by molar-refractivity contribution is -0.120. The van der Waals surface area contributed by atoms with E-state index in [0.717, 1.165) is 13.0 Å². The highest BCUT2D eigenvalue weighted by Crippen LogP contribution is 1.95. The van der Waals surface area contributed by atoms with Crippen molar-refractivity contribution >= 4 is 5.91 Å². The van der Waals surface area contributed by atoms with Crippen molar-refractivity contribution in [3.8, 4) is 12.3 Å². The predicted octanol–water partition coefficient (Wildman–Crippen LogP) is 0.762. The molecule has 0 spiro atoms. The van der Waals surface area contributed by atoms with Crippen LogP contribution in [-0.4, -0.2) is 25.5 Å². The average Bonchev–Trinajstić information content (AvgIpc) is 2.12. The molecule has 0 aromatic carbocycles. The number of hydrogen-bond acceptors (Lipinski definition) is 2. The normalized spacial score (nSPS) is 9.86. The van der Waals surface area contributed by atoms with Crippen LogP contribution in [0, 0.1) is 18.3 Å². The van der Waals surface area contributed by atoms with Gasteiger partial charge >= 0.3 is 0 Å². The third kappa shape index (κ3) is 9.08. The van der Waals surface area contributed by atoms with E-state index in [9.17, 15) is 4.79 Å². The summed E-state index contributed by atoms with van der Waals surface area (Å²) in [4.78, 5) is 11.2. The summed E-state index contributed by atoms with van der Waals surface area (Å²) >= 11 is 0. The summed E-state index contributed by atoms with van der Waals surface area (Å²) in [6.07, 6.45) is 6.76. The minimum absolute atomic E-state index is 0.0441. The second kappa shape index (κ2) is 8.58. The molecule has 0 aromatic heterocycles. The van der Waals surface area contributed by atoms with Crippen LogP contribution >= 0.6 is 0 Å². The molecule has 0 aliphatic heterocycles. The van der Waals surface area contributed by atoms with E-state index >= 15 is 0 Å². The predicted molar refractivity (Wildman–Crippen MR) is 58.8 cm³/mol. The van der Waals surface area contributed by atoms with Crippen molar-refractivity contribution in [1.29, 1.82) is 0 Å². The fraction of sp³-hybridized carbons (Fsp3) is 0.727. The molecule has 0 fully saturated rings. The molecule has 0 aliphatic rings. The van der Waals surface area contributed by atoms with Gasteiger partial charge in [0.25, 0.3) is 0 Å². The summed E-state index contributed by atoms with van der Waals surface area (Å²) < 4.78 is 0. The Morgan fingerprint density at radius 2 is 2.14 bits per heavy atom. The van der Waals surface area contributed by atoms with E-state index in [-0.39, 0.29) is 5.91 Å². The SMILES string of the molecule is C#CCCNCC(=O)NCCC(C)C. The summed E-state index contributed by atoms with van der Waals surface area (Å²) in [6, 6.07) is 0. The highest BCUT2D eigenvalue weighted by atomic mass is 16.1. The lowest BCUT2D eigenvalue weighted by atomic mass is 10.1. The fourth-order valence-corrected chi connectivity index (χ4v) is 0.925. The van der Waals surface area contributed by atoms with Gasteiger partial charge in [-0.05, 0) is 12.3 Å². The first-order chi connectivity index (χ1) is 6.66. The van der Waals surface area contributed by atoms with Crippen LogP contribution in [0.5, 0.6) is 0 Å². The minimum atomic E-state index is 0.0441. The van der Waals surface area contributed by atoms with Gasteiger partial charge in [-0.2, -0.15) is 0 Å². The van der Waals surface area contributed by atoms with Crippen molar-refractivity contribution in [3.63, 3.8) is 0 Å². The van der Waals surface area contributed by atoms with Gasteiger partial charge in [0.05, 0.1) is 6.54 Å². The number of rotatable bonds is 7. The molecule has 0 heterocycles. The van der Waals surface area contributed by atoms with Gasteiger partial charge in [-0.3, -0.25) is 4.79 Å². The van der Waals surface area contributed by atoms with E-state index in [0.29, 0.717) is 25.4 Å². The van der Waals surface area contributed by atoms with E-state index < -0.39 is 0 Å². The zero-order chi connectivity index (χ0) is 10.8. The van der Waals surface area contributed by atoms with Crippen LogP contribution in [0.1, 0.15) is 26.7 Å². The molecule has 14 heavy (non-hydrogen) atoms.